The van der Waals surface area contributed by atoms with Gasteiger partial charge in [-0.1, -0.05) is 13.8 Å². The number of carbonyl (C=O) groups excluding carboxylic acids is 1. The van der Waals surface area contributed by atoms with Gasteiger partial charge in [0.15, 0.2) is 0 Å². The molecule has 0 aliphatic rings. The van der Waals surface area contributed by atoms with Crippen molar-refractivity contribution >= 4 is 23.3 Å². The molecular weight excluding hydrogens is 276 g/mol. The van der Waals surface area contributed by atoms with E-state index in [-0.39, 0.29) is 6.03 Å². The highest BCUT2D eigenvalue weighted by molar-refractivity contribution is 7.10. The van der Waals surface area contributed by atoms with E-state index in [2.05, 4.69) is 5.32 Å². The Labute approximate surface area is 123 Å². The van der Waals surface area contributed by atoms with E-state index in [1.54, 1.807) is 16.2 Å². The number of rotatable bonds is 6. The van der Waals surface area contributed by atoms with E-state index in [0.29, 0.717) is 19.0 Å². The summed E-state index contributed by atoms with van der Waals surface area (Å²) >= 11 is 1.61. The second-order valence-electron chi connectivity index (χ2n) is 5.31. The van der Waals surface area contributed by atoms with E-state index in [0.717, 1.165) is 10.4 Å². The summed E-state index contributed by atoms with van der Waals surface area (Å²) in [7, 11) is 0. The molecule has 0 unspecified atom stereocenters. The highest BCUT2D eigenvalue weighted by Crippen LogP contribution is 2.18. The number of carboxylic acid groups (broad SMARTS) is 1. The number of carbonyl (C=O) groups is 2. The van der Waals surface area contributed by atoms with E-state index in [9.17, 15) is 9.59 Å². The number of nitrogens with one attached hydrogen (secondary N) is 1. The largest absolute Gasteiger partial charge is 0.480 e. The maximum absolute atomic E-state index is 12.2. The minimum absolute atomic E-state index is 0.321. The predicted octanol–water partition coefficient (Wildman–Crippen LogP) is 2.70. The summed E-state index contributed by atoms with van der Waals surface area (Å²) in [5.74, 6) is -0.712. The molecule has 1 heterocycles. The highest BCUT2D eigenvalue weighted by atomic mass is 32.1. The topological polar surface area (TPSA) is 69.6 Å². The minimum Gasteiger partial charge on any atom is -0.480 e. The van der Waals surface area contributed by atoms with Crippen LogP contribution in [0, 0.1) is 12.8 Å². The Kier molecular flexibility index (Phi) is 6.01. The molecule has 1 aromatic rings. The number of aliphatic carboxylic acids is 1. The molecule has 112 valence electrons. The van der Waals surface area contributed by atoms with Crippen LogP contribution in [0.3, 0.4) is 0 Å². The number of hydrogen-bond acceptors (Lipinski definition) is 3. The standard InChI is InChI=1S/C14H22N2O3S/c1-9(2)7-16(8-12-10(3)5-6-20-12)14(19)15-11(4)13(17)18/h5-6,9,11H,7-8H2,1-4H3,(H,15,19)(H,17,18)/t11-/m1/s1. The van der Waals surface area contributed by atoms with Crippen molar-refractivity contribution in [2.24, 2.45) is 5.92 Å². The monoisotopic (exact) mass is 298 g/mol. The average Bonchev–Trinajstić information content (AvgIpc) is 2.73. The van der Waals surface area contributed by atoms with Gasteiger partial charge in [-0.15, -0.1) is 11.3 Å². The smallest absolute Gasteiger partial charge is 0.325 e. The first-order valence-electron chi connectivity index (χ1n) is 6.62. The van der Waals surface area contributed by atoms with Gasteiger partial charge in [-0.2, -0.15) is 0 Å². The van der Waals surface area contributed by atoms with Gasteiger partial charge in [0.2, 0.25) is 0 Å². The zero-order valence-electron chi connectivity index (χ0n) is 12.3. The lowest BCUT2D eigenvalue weighted by atomic mass is 10.2. The summed E-state index contributed by atoms with van der Waals surface area (Å²) in [5, 5.41) is 13.4. The SMILES string of the molecule is Cc1ccsc1CN(CC(C)C)C(=O)N[C@H](C)C(=O)O. The van der Waals surface area contributed by atoms with E-state index >= 15 is 0 Å². The molecule has 0 aliphatic carbocycles. The average molecular weight is 298 g/mol. The van der Waals surface area contributed by atoms with Crippen LogP contribution < -0.4 is 5.32 Å². The molecule has 1 aromatic heterocycles. The van der Waals surface area contributed by atoms with Crippen molar-refractivity contribution in [2.75, 3.05) is 6.54 Å². The molecular formula is C14H22N2O3S. The van der Waals surface area contributed by atoms with Gasteiger partial charge in [-0.3, -0.25) is 4.79 Å². The van der Waals surface area contributed by atoms with Crippen molar-refractivity contribution in [1.29, 1.82) is 0 Å². The van der Waals surface area contributed by atoms with E-state index in [1.807, 2.05) is 32.2 Å². The molecule has 0 spiro atoms. The number of amides is 2. The van der Waals surface area contributed by atoms with Gasteiger partial charge in [-0.25, -0.2) is 4.79 Å². The Morgan fingerprint density at radius 2 is 2.05 bits per heavy atom. The Balaban J connectivity index is 2.76. The summed E-state index contributed by atoms with van der Waals surface area (Å²) in [6, 6.07) is 0.800. The van der Waals surface area contributed by atoms with E-state index < -0.39 is 12.0 Å². The second-order valence-corrected chi connectivity index (χ2v) is 6.31. The van der Waals surface area contributed by atoms with Gasteiger partial charge in [0, 0.05) is 11.4 Å². The summed E-state index contributed by atoms with van der Waals surface area (Å²) in [6.07, 6.45) is 0. The first kappa shape index (κ1) is 16.5. The van der Waals surface area contributed by atoms with Crippen LogP contribution in [0.15, 0.2) is 11.4 Å². The number of thiophene rings is 1. The van der Waals surface area contributed by atoms with Crippen molar-refractivity contribution in [3.8, 4) is 0 Å². The quantitative estimate of drug-likeness (QED) is 0.848. The number of hydrogen-bond donors (Lipinski definition) is 2. The fourth-order valence-electron chi connectivity index (χ4n) is 1.74. The maximum atomic E-state index is 12.2. The number of urea groups is 1. The lowest BCUT2D eigenvalue weighted by Crippen LogP contribution is -2.47. The fraction of sp³-hybridized carbons (Fsp3) is 0.571. The highest BCUT2D eigenvalue weighted by Gasteiger charge is 2.21. The van der Waals surface area contributed by atoms with Crippen LogP contribution in [0.2, 0.25) is 0 Å². The van der Waals surface area contributed by atoms with Crippen LogP contribution in [0.1, 0.15) is 31.2 Å². The molecule has 20 heavy (non-hydrogen) atoms. The van der Waals surface area contributed by atoms with Gasteiger partial charge in [0.05, 0.1) is 6.54 Å². The van der Waals surface area contributed by atoms with Crippen molar-refractivity contribution in [3.63, 3.8) is 0 Å². The second kappa shape index (κ2) is 7.28. The fourth-order valence-corrected chi connectivity index (χ4v) is 2.66. The Morgan fingerprint density at radius 1 is 1.40 bits per heavy atom. The summed E-state index contributed by atoms with van der Waals surface area (Å²) in [4.78, 5) is 25.8. The molecule has 2 N–H and O–H groups in total. The van der Waals surface area contributed by atoms with E-state index in [1.165, 1.54) is 6.92 Å². The van der Waals surface area contributed by atoms with Crippen molar-refractivity contribution in [1.82, 2.24) is 10.2 Å². The van der Waals surface area contributed by atoms with Crippen LogP contribution in [0.5, 0.6) is 0 Å². The molecule has 1 rings (SSSR count). The third-order valence-corrected chi connectivity index (χ3v) is 3.89. The van der Waals surface area contributed by atoms with Gasteiger partial charge >= 0.3 is 12.0 Å². The zero-order chi connectivity index (χ0) is 15.3. The molecule has 1 atom stereocenters. The molecule has 0 aliphatic heterocycles. The minimum atomic E-state index is -1.03. The van der Waals surface area contributed by atoms with Gasteiger partial charge in [0.1, 0.15) is 6.04 Å². The lowest BCUT2D eigenvalue weighted by Gasteiger charge is -2.25. The zero-order valence-corrected chi connectivity index (χ0v) is 13.2. The molecule has 5 nitrogen and oxygen atoms in total. The first-order chi connectivity index (χ1) is 9.31. The van der Waals surface area contributed by atoms with E-state index in [4.69, 9.17) is 5.11 Å². The maximum Gasteiger partial charge on any atom is 0.325 e. The van der Waals surface area contributed by atoms with Gasteiger partial charge in [-0.05, 0) is 36.8 Å². The molecule has 0 aromatic carbocycles. The summed E-state index contributed by atoms with van der Waals surface area (Å²) in [5.41, 5.74) is 1.16. The van der Waals surface area contributed by atoms with Gasteiger partial charge < -0.3 is 15.3 Å². The van der Waals surface area contributed by atoms with Crippen LogP contribution in [0.4, 0.5) is 4.79 Å². The molecule has 0 bridgehead atoms. The summed E-state index contributed by atoms with van der Waals surface area (Å²) < 4.78 is 0. The van der Waals surface area contributed by atoms with Crippen LogP contribution >= 0.6 is 11.3 Å². The number of carboxylic acids is 1. The Morgan fingerprint density at radius 3 is 2.50 bits per heavy atom. The summed E-state index contributed by atoms with van der Waals surface area (Å²) in [6.45, 7) is 8.64. The van der Waals surface area contributed by atoms with Crippen molar-refractivity contribution in [2.45, 2.75) is 40.3 Å². The van der Waals surface area contributed by atoms with Crippen LogP contribution in [0.25, 0.3) is 0 Å². The lowest BCUT2D eigenvalue weighted by molar-refractivity contribution is -0.138. The number of nitrogens with zero attached hydrogens (tertiary/aromatic N) is 1. The first-order valence-corrected chi connectivity index (χ1v) is 7.50. The molecule has 2 amide bonds. The van der Waals surface area contributed by atoms with Gasteiger partial charge in [0.25, 0.3) is 0 Å². The van der Waals surface area contributed by atoms with Crippen LogP contribution in [-0.2, 0) is 11.3 Å². The third-order valence-electron chi connectivity index (χ3n) is 2.89. The predicted molar refractivity (Wildman–Crippen MR) is 79.9 cm³/mol. The van der Waals surface area contributed by atoms with Crippen LogP contribution in [-0.4, -0.2) is 34.6 Å². The van der Waals surface area contributed by atoms with Crippen molar-refractivity contribution < 1.29 is 14.7 Å². The Bertz CT molecular complexity index is 471. The molecule has 0 saturated carbocycles. The number of aryl methyl sites for hydroxylation is 1. The molecule has 0 saturated heterocycles. The van der Waals surface area contributed by atoms with Crippen molar-refractivity contribution in [3.05, 3.63) is 21.9 Å². The normalized spacial score (nSPS) is 12.2. The molecule has 0 fully saturated rings. The third kappa shape index (κ3) is 4.85. The molecule has 6 heteroatoms. The molecule has 0 radical (unpaired) electrons. The Hall–Kier alpha value is -1.56.